The van der Waals surface area contributed by atoms with E-state index in [2.05, 4.69) is 25.2 Å². The zero-order chi connectivity index (χ0) is 17.8. The van der Waals surface area contributed by atoms with Gasteiger partial charge in [0.2, 0.25) is 0 Å². The Bertz CT molecular complexity index is 748. The molecule has 3 heterocycles. The van der Waals surface area contributed by atoms with Crippen molar-refractivity contribution in [2.24, 2.45) is 0 Å². The quantitative estimate of drug-likeness (QED) is 0.815. The van der Waals surface area contributed by atoms with Gasteiger partial charge in [0.05, 0.1) is 23.9 Å². The zero-order valence-electron chi connectivity index (χ0n) is 14.5. The van der Waals surface area contributed by atoms with Gasteiger partial charge in [-0.3, -0.25) is 9.69 Å². The smallest absolute Gasteiger partial charge is 0.304 e. The number of aryl methyl sites for hydroxylation is 2. The highest BCUT2D eigenvalue weighted by Crippen LogP contribution is 2.31. The van der Waals surface area contributed by atoms with Gasteiger partial charge in [0.1, 0.15) is 11.6 Å². The number of nitrogens with one attached hydrogen (secondary N) is 1. The van der Waals surface area contributed by atoms with Crippen LogP contribution in [0.5, 0.6) is 0 Å². The van der Waals surface area contributed by atoms with Crippen LogP contribution >= 0.6 is 11.3 Å². The molecule has 134 valence electrons. The van der Waals surface area contributed by atoms with Crippen LogP contribution in [0.3, 0.4) is 0 Å². The number of hydrogen-bond donors (Lipinski definition) is 2. The van der Waals surface area contributed by atoms with Crippen LogP contribution in [0.2, 0.25) is 0 Å². The summed E-state index contributed by atoms with van der Waals surface area (Å²) in [6.07, 6.45) is 3.38. The van der Waals surface area contributed by atoms with Crippen LogP contribution in [-0.2, 0) is 4.79 Å². The van der Waals surface area contributed by atoms with Gasteiger partial charge in [0.25, 0.3) is 0 Å². The van der Waals surface area contributed by atoms with E-state index in [1.807, 2.05) is 25.3 Å². The molecule has 1 aliphatic rings. The molecule has 0 amide bonds. The molecular weight excluding hydrogens is 338 g/mol. The van der Waals surface area contributed by atoms with E-state index in [1.165, 1.54) is 0 Å². The molecule has 0 bridgehead atoms. The molecule has 1 atom stereocenters. The first-order chi connectivity index (χ1) is 12.0. The number of piperidine rings is 1. The Labute approximate surface area is 151 Å². The van der Waals surface area contributed by atoms with Crippen molar-refractivity contribution in [3.63, 3.8) is 0 Å². The second kappa shape index (κ2) is 7.88. The molecule has 1 fully saturated rings. The third-order valence-corrected chi connectivity index (χ3v) is 5.16. The number of aliphatic carboxylic acids is 1. The lowest BCUT2D eigenvalue weighted by atomic mass is 9.98. The normalized spacial score (nSPS) is 18.2. The van der Waals surface area contributed by atoms with Crippen LogP contribution in [0.25, 0.3) is 0 Å². The first-order valence-electron chi connectivity index (χ1n) is 8.52. The van der Waals surface area contributed by atoms with E-state index in [0.717, 1.165) is 48.1 Å². The average Bonchev–Trinajstić information content (AvgIpc) is 2.97. The van der Waals surface area contributed by atoms with Crippen LogP contribution in [-0.4, -0.2) is 44.0 Å². The van der Waals surface area contributed by atoms with E-state index in [4.69, 9.17) is 5.11 Å². The van der Waals surface area contributed by atoms with E-state index in [0.29, 0.717) is 12.4 Å². The average molecular weight is 361 g/mol. The third kappa shape index (κ3) is 4.73. The van der Waals surface area contributed by atoms with Crippen LogP contribution < -0.4 is 5.32 Å². The Kier molecular flexibility index (Phi) is 5.60. The van der Waals surface area contributed by atoms with Gasteiger partial charge in [-0.15, -0.1) is 11.3 Å². The highest BCUT2D eigenvalue weighted by molar-refractivity contribution is 7.13. The number of likely N-dealkylation sites (tertiary alicyclic amines) is 1. The topological polar surface area (TPSA) is 91.2 Å². The molecule has 0 radical (unpaired) electrons. The summed E-state index contributed by atoms with van der Waals surface area (Å²) in [5.74, 6) is 0.683. The minimum atomic E-state index is -0.760. The molecule has 2 aromatic rings. The molecule has 0 aliphatic carbocycles. The molecule has 3 rings (SSSR count). The predicted octanol–water partition coefficient (Wildman–Crippen LogP) is 3.30. The molecule has 0 saturated carbocycles. The summed E-state index contributed by atoms with van der Waals surface area (Å²) in [4.78, 5) is 26.7. The number of rotatable bonds is 6. The Morgan fingerprint density at radius 2 is 2.20 bits per heavy atom. The summed E-state index contributed by atoms with van der Waals surface area (Å²) < 4.78 is 0. The molecule has 1 saturated heterocycles. The van der Waals surface area contributed by atoms with Crippen LogP contribution in [0, 0.1) is 13.8 Å². The predicted molar refractivity (Wildman–Crippen MR) is 97.3 cm³/mol. The summed E-state index contributed by atoms with van der Waals surface area (Å²) in [5.41, 5.74) is 1.93. The van der Waals surface area contributed by atoms with Crippen molar-refractivity contribution in [2.45, 2.75) is 45.6 Å². The van der Waals surface area contributed by atoms with Crippen molar-refractivity contribution >= 4 is 28.3 Å². The zero-order valence-corrected chi connectivity index (χ0v) is 15.3. The van der Waals surface area contributed by atoms with Crippen LogP contribution in [0.1, 0.15) is 48.9 Å². The minimum absolute atomic E-state index is 0.147. The van der Waals surface area contributed by atoms with Gasteiger partial charge < -0.3 is 10.4 Å². The number of carbonyl (C=O) groups is 1. The maximum Gasteiger partial charge on any atom is 0.304 e. The molecule has 25 heavy (non-hydrogen) atoms. The SMILES string of the molecule is Cc1csc(Nc2cc([C@@H]3CCCCN3CCC(=O)O)nc(C)n2)n1. The summed E-state index contributed by atoms with van der Waals surface area (Å²) in [6, 6.07) is 2.11. The lowest BCUT2D eigenvalue weighted by Gasteiger charge is -2.35. The molecule has 0 aromatic carbocycles. The van der Waals surface area contributed by atoms with Gasteiger partial charge in [0, 0.05) is 18.0 Å². The number of carboxylic acids is 1. The Morgan fingerprint density at radius 3 is 2.92 bits per heavy atom. The molecule has 8 heteroatoms. The molecule has 7 nitrogen and oxygen atoms in total. The summed E-state index contributed by atoms with van der Waals surface area (Å²) >= 11 is 1.55. The second-order valence-electron chi connectivity index (χ2n) is 6.34. The lowest BCUT2D eigenvalue weighted by molar-refractivity contribution is -0.137. The molecule has 0 unspecified atom stereocenters. The van der Waals surface area contributed by atoms with Crippen molar-refractivity contribution in [1.29, 1.82) is 0 Å². The van der Waals surface area contributed by atoms with Crippen molar-refractivity contribution < 1.29 is 9.90 Å². The van der Waals surface area contributed by atoms with Gasteiger partial charge in [-0.1, -0.05) is 6.42 Å². The molecule has 2 N–H and O–H groups in total. The number of carboxylic acid groups (broad SMARTS) is 1. The maximum atomic E-state index is 10.9. The Balaban J connectivity index is 1.80. The number of aromatic nitrogens is 3. The number of anilines is 2. The fourth-order valence-electron chi connectivity index (χ4n) is 3.18. The second-order valence-corrected chi connectivity index (χ2v) is 7.19. The number of thiazole rings is 1. The van der Waals surface area contributed by atoms with Crippen molar-refractivity contribution in [2.75, 3.05) is 18.4 Å². The first-order valence-corrected chi connectivity index (χ1v) is 9.40. The lowest BCUT2D eigenvalue weighted by Crippen LogP contribution is -2.35. The molecule has 2 aromatic heterocycles. The monoisotopic (exact) mass is 361 g/mol. The summed E-state index contributed by atoms with van der Waals surface area (Å²) in [6.45, 7) is 5.31. The summed E-state index contributed by atoms with van der Waals surface area (Å²) in [5, 5.41) is 15.0. The molecular formula is C17H23N5O2S. The Hall–Kier alpha value is -2.06. The van der Waals surface area contributed by atoms with E-state index in [9.17, 15) is 4.79 Å². The van der Waals surface area contributed by atoms with Crippen molar-refractivity contribution in [1.82, 2.24) is 19.9 Å². The largest absolute Gasteiger partial charge is 0.481 e. The third-order valence-electron chi connectivity index (χ3n) is 4.28. The van der Waals surface area contributed by atoms with Gasteiger partial charge in [-0.2, -0.15) is 0 Å². The van der Waals surface area contributed by atoms with Gasteiger partial charge >= 0.3 is 5.97 Å². The van der Waals surface area contributed by atoms with E-state index >= 15 is 0 Å². The molecule has 1 aliphatic heterocycles. The minimum Gasteiger partial charge on any atom is -0.481 e. The van der Waals surface area contributed by atoms with Gasteiger partial charge in [-0.05, 0) is 33.2 Å². The van der Waals surface area contributed by atoms with Crippen molar-refractivity contribution in [3.05, 3.63) is 28.7 Å². The fourth-order valence-corrected chi connectivity index (χ4v) is 3.87. The number of nitrogens with zero attached hydrogens (tertiary/aromatic N) is 4. The standard InChI is InChI=1S/C17H23N5O2S/c1-11-10-25-17(18-11)21-15-9-13(19-12(2)20-15)14-5-3-4-7-22(14)8-6-16(23)24/h9-10,14H,3-8H2,1-2H3,(H,23,24)(H,18,19,20,21)/t14-/m0/s1. The van der Waals surface area contributed by atoms with E-state index < -0.39 is 5.97 Å². The molecule has 0 spiro atoms. The highest BCUT2D eigenvalue weighted by atomic mass is 32.1. The van der Waals surface area contributed by atoms with Crippen LogP contribution in [0.15, 0.2) is 11.4 Å². The fraction of sp³-hybridized carbons (Fsp3) is 0.529. The van der Waals surface area contributed by atoms with Gasteiger partial charge in [-0.25, -0.2) is 15.0 Å². The summed E-state index contributed by atoms with van der Waals surface area (Å²) in [7, 11) is 0. The van der Waals surface area contributed by atoms with E-state index in [-0.39, 0.29) is 12.5 Å². The Morgan fingerprint density at radius 1 is 1.36 bits per heavy atom. The van der Waals surface area contributed by atoms with Gasteiger partial charge in [0.15, 0.2) is 5.13 Å². The van der Waals surface area contributed by atoms with Crippen LogP contribution in [0.4, 0.5) is 10.9 Å². The maximum absolute atomic E-state index is 10.9. The highest BCUT2D eigenvalue weighted by Gasteiger charge is 2.26. The van der Waals surface area contributed by atoms with Crippen molar-refractivity contribution in [3.8, 4) is 0 Å². The van der Waals surface area contributed by atoms with E-state index in [1.54, 1.807) is 11.3 Å². The number of hydrogen-bond acceptors (Lipinski definition) is 7. The first kappa shape index (κ1) is 17.8.